The highest BCUT2D eigenvalue weighted by Gasteiger charge is 2.32. The Labute approximate surface area is 260 Å². The molecule has 4 atom stereocenters. The van der Waals surface area contributed by atoms with Crippen molar-refractivity contribution in [3.05, 3.63) is 90.0 Å². The van der Waals surface area contributed by atoms with Crippen LogP contribution in [0.5, 0.6) is 0 Å². The fraction of sp³-hybridized carbons (Fsp3) is 0.471. The molecule has 0 fully saturated rings. The molecule has 0 saturated heterocycles. The van der Waals surface area contributed by atoms with Gasteiger partial charge >= 0.3 is 6.09 Å². The molecule has 5 N–H and O–H groups in total. The predicted molar refractivity (Wildman–Crippen MR) is 170 cm³/mol. The minimum Gasteiger partial charge on any atom is -0.444 e. The molecule has 10 nitrogen and oxygen atoms in total. The van der Waals surface area contributed by atoms with Crippen LogP contribution in [0.15, 0.2) is 73.2 Å². The summed E-state index contributed by atoms with van der Waals surface area (Å²) in [5, 5.41) is 20.2. The number of rotatable bonds is 15. The van der Waals surface area contributed by atoms with Crippen molar-refractivity contribution in [1.29, 1.82) is 0 Å². The predicted octanol–water partition coefficient (Wildman–Crippen LogP) is 3.96. The SMILES string of the molecule is CC(C)[C@@H](NCCc1cnc[nH]1)C(=O)NC(=O)C(Cc1ccccc1)C[C@H](O)[C@H](Cc1ccccc1)NC(=O)OC(C)(C)C. The molecule has 0 aliphatic heterocycles. The topological polar surface area (TPSA) is 145 Å². The van der Waals surface area contributed by atoms with Crippen LogP contribution in [0.4, 0.5) is 4.79 Å². The van der Waals surface area contributed by atoms with Gasteiger partial charge in [0.05, 0.1) is 24.5 Å². The second-order valence-corrected chi connectivity index (χ2v) is 12.5. The molecule has 3 rings (SSSR count). The molecule has 0 aliphatic rings. The molecular formula is C34H47N5O5. The number of carbonyl (C=O) groups excluding carboxylic acids is 3. The molecule has 3 amide bonds. The molecule has 1 heterocycles. The van der Waals surface area contributed by atoms with Gasteiger partial charge in [-0.1, -0.05) is 74.5 Å². The van der Waals surface area contributed by atoms with Gasteiger partial charge in [0.25, 0.3) is 0 Å². The number of hydrogen-bond acceptors (Lipinski definition) is 7. The summed E-state index contributed by atoms with van der Waals surface area (Å²) in [6, 6.07) is 17.6. The number of aliphatic hydroxyl groups excluding tert-OH is 1. The van der Waals surface area contributed by atoms with Crippen LogP contribution in [0.25, 0.3) is 0 Å². The number of aromatic amines is 1. The first-order valence-electron chi connectivity index (χ1n) is 15.2. The van der Waals surface area contributed by atoms with Gasteiger partial charge in [-0.15, -0.1) is 0 Å². The van der Waals surface area contributed by atoms with Gasteiger partial charge in [0.2, 0.25) is 11.8 Å². The number of carbonyl (C=O) groups is 3. The van der Waals surface area contributed by atoms with Crippen LogP contribution in [0.3, 0.4) is 0 Å². The van der Waals surface area contributed by atoms with Crippen LogP contribution in [0.2, 0.25) is 0 Å². The first kappa shape index (κ1) is 34.5. The number of benzene rings is 2. The molecule has 2 aromatic carbocycles. The van der Waals surface area contributed by atoms with E-state index in [9.17, 15) is 19.5 Å². The minimum absolute atomic E-state index is 0.0148. The average Bonchev–Trinajstić information content (AvgIpc) is 3.48. The fourth-order valence-electron chi connectivity index (χ4n) is 4.96. The van der Waals surface area contributed by atoms with Gasteiger partial charge in [-0.3, -0.25) is 14.9 Å². The van der Waals surface area contributed by atoms with Crippen molar-refractivity contribution < 1.29 is 24.2 Å². The van der Waals surface area contributed by atoms with Crippen LogP contribution in [0.1, 0.15) is 57.9 Å². The van der Waals surface area contributed by atoms with Crippen molar-refractivity contribution in [2.24, 2.45) is 11.8 Å². The second kappa shape index (κ2) is 16.7. The molecule has 238 valence electrons. The summed E-state index contributed by atoms with van der Waals surface area (Å²) in [4.78, 5) is 46.8. The molecule has 0 spiro atoms. The third-order valence-corrected chi connectivity index (χ3v) is 7.20. The van der Waals surface area contributed by atoms with Gasteiger partial charge in [0.15, 0.2) is 0 Å². The smallest absolute Gasteiger partial charge is 0.407 e. The molecule has 0 radical (unpaired) electrons. The number of imide groups is 1. The zero-order valence-corrected chi connectivity index (χ0v) is 26.4. The van der Waals surface area contributed by atoms with E-state index in [1.807, 2.05) is 74.5 Å². The summed E-state index contributed by atoms with van der Waals surface area (Å²) in [7, 11) is 0. The van der Waals surface area contributed by atoms with Crippen molar-refractivity contribution in [3.63, 3.8) is 0 Å². The van der Waals surface area contributed by atoms with E-state index in [0.717, 1.165) is 16.8 Å². The highest BCUT2D eigenvalue weighted by molar-refractivity contribution is 5.98. The van der Waals surface area contributed by atoms with Gasteiger partial charge in [-0.2, -0.15) is 0 Å². The molecule has 0 bridgehead atoms. The molecule has 0 saturated carbocycles. The lowest BCUT2D eigenvalue weighted by Crippen LogP contribution is -2.52. The number of alkyl carbamates (subject to hydrolysis) is 1. The Kier molecular flexibility index (Phi) is 13.1. The third kappa shape index (κ3) is 11.9. The maximum absolute atomic E-state index is 13.7. The normalized spacial score (nSPS) is 14.3. The van der Waals surface area contributed by atoms with E-state index in [1.165, 1.54) is 0 Å². The van der Waals surface area contributed by atoms with Crippen molar-refractivity contribution in [2.45, 2.75) is 84.1 Å². The van der Waals surface area contributed by atoms with Crippen molar-refractivity contribution in [2.75, 3.05) is 6.54 Å². The Bertz CT molecular complexity index is 1290. The number of aliphatic hydroxyl groups is 1. The van der Waals surface area contributed by atoms with Gasteiger partial charge < -0.3 is 25.5 Å². The Morgan fingerprint density at radius 3 is 2.09 bits per heavy atom. The largest absolute Gasteiger partial charge is 0.444 e. The summed E-state index contributed by atoms with van der Waals surface area (Å²) in [6.45, 7) is 9.66. The van der Waals surface area contributed by atoms with E-state index in [2.05, 4.69) is 25.9 Å². The third-order valence-electron chi connectivity index (χ3n) is 7.20. The highest BCUT2D eigenvalue weighted by Crippen LogP contribution is 2.20. The van der Waals surface area contributed by atoms with E-state index in [4.69, 9.17) is 4.74 Å². The van der Waals surface area contributed by atoms with Crippen LogP contribution in [-0.2, 0) is 33.6 Å². The second-order valence-electron chi connectivity index (χ2n) is 12.5. The maximum Gasteiger partial charge on any atom is 0.407 e. The summed E-state index contributed by atoms with van der Waals surface area (Å²) in [6.07, 6.45) is 2.88. The molecule has 0 aliphatic carbocycles. The molecule has 3 aromatic rings. The number of hydrogen-bond donors (Lipinski definition) is 5. The van der Waals surface area contributed by atoms with Crippen molar-refractivity contribution >= 4 is 17.9 Å². The Hall–Kier alpha value is -4.02. The first-order chi connectivity index (χ1) is 20.9. The Morgan fingerprint density at radius 1 is 0.932 bits per heavy atom. The quantitative estimate of drug-likeness (QED) is 0.176. The number of nitrogens with zero attached hydrogens (tertiary/aromatic N) is 1. The molecule has 1 unspecified atom stereocenters. The van der Waals surface area contributed by atoms with Gasteiger partial charge in [-0.05, 0) is 57.1 Å². The standard InChI is InChI=1S/C34H47N5O5/c1-23(2)30(36-17-16-27-21-35-22-37-27)32(42)39-31(41)26(18-24-12-8-6-9-13-24)20-29(40)28(19-25-14-10-7-11-15-25)38-33(43)44-34(3,4)5/h6-15,21-23,26,28-30,36,40H,16-20H2,1-5H3,(H,35,37)(H,38,43)(H,39,41,42)/t26?,28-,29-,30+/m0/s1. The summed E-state index contributed by atoms with van der Waals surface area (Å²) in [5.41, 5.74) is 2.03. The Morgan fingerprint density at radius 2 is 1.55 bits per heavy atom. The molecule has 10 heteroatoms. The lowest BCUT2D eigenvalue weighted by atomic mass is 9.88. The monoisotopic (exact) mass is 605 g/mol. The summed E-state index contributed by atoms with van der Waals surface area (Å²) in [5.74, 6) is -1.71. The molecular weight excluding hydrogens is 558 g/mol. The van der Waals surface area contributed by atoms with Crippen molar-refractivity contribution in [1.82, 2.24) is 25.9 Å². The van der Waals surface area contributed by atoms with E-state index in [0.29, 0.717) is 25.8 Å². The Balaban J connectivity index is 1.76. The van der Waals surface area contributed by atoms with Crippen LogP contribution < -0.4 is 16.0 Å². The molecule has 44 heavy (non-hydrogen) atoms. The van der Waals surface area contributed by atoms with E-state index in [-0.39, 0.29) is 12.3 Å². The number of aromatic nitrogens is 2. The van der Waals surface area contributed by atoms with E-state index in [1.54, 1.807) is 33.3 Å². The van der Waals surface area contributed by atoms with Crippen molar-refractivity contribution in [3.8, 4) is 0 Å². The number of amides is 3. The van der Waals surface area contributed by atoms with Gasteiger partial charge in [-0.25, -0.2) is 9.78 Å². The first-order valence-corrected chi connectivity index (χ1v) is 15.2. The van der Waals surface area contributed by atoms with Crippen LogP contribution in [0, 0.1) is 11.8 Å². The summed E-state index contributed by atoms with van der Waals surface area (Å²) < 4.78 is 5.46. The lowest BCUT2D eigenvalue weighted by molar-refractivity contribution is -0.135. The molecule has 1 aromatic heterocycles. The van der Waals surface area contributed by atoms with E-state index < -0.39 is 47.6 Å². The zero-order valence-electron chi connectivity index (χ0n) is 26.4. The van der Waals surface area contributed by atoms with Gasteiger partial charge in [0.1, 0.15) is 5.60 Å². The van der Waals surface area contributed by atoms with Crippen LogP contribution in [-0.4, -0.2) is 63.3 Å². The number of nitrogens with one attached hydrogen (secondary N) is 4. The lowest BCUT2D eigenvalue weighted by Gasteiger charge is -2.29. The highest BCUT2D eigenvalue weighted by atomic mass is 16.6. The minimum atomic E-state index is -1.11. The average molecular weight is 606 g/mol. The fourth-order valence-corrected chi connectivity index (χ4v) is 4.96. The van der Waals surface area contributed by atoms with Crippen LogP contribution >= 0.6 is 0 Å². The zero-order chi connectivity index (χ0) is 32.1. The maximum atomic E-state index is 13.7. The van der Waals surface area contributed by atoms with Gasteiger partial charge in [0, 0.05) is 30.8 Å². The summed E-state index contributed by atoms with van der Waals surface area (Å²) >= 11 is 0. The number of H-pyrrole nitrogens is 1. The van der Waals surface area contributed by atoms with E-state index >= 15 is 0 Å². The number of ether oxygens (including phenoxy) is 1. The number of imidazole rings is 1.